The maximum absolute atomic E-state index is 11.6. The molecule has 4 heteroatoms. The Labute approximate surface area is 114 Å². The Balaban J connectivity index is 2.27. The Kier molecular flexibility index (Phi) is 6.16. The molecule has 1 amide bonds. The molecule has 0 saturated heterocycles. The van der Waals surface area contributed by atoms with Crippen LogP contribution in [-0.4, -0.2) is 18.5 Å². The SMILES string of the molecule is CC(C)C(C)NC(=O)CNCc1cccc(Cl)c1. The van der Waals surface area contributed by atoms with Crippen LogP contribution >= 0.6 is 11.6 Å². The monoisotopic (exact) mass is 268 g/mol. The van der Waals surface area contributed by atoms with Gasteiger partial charge in [-0.1, -0.05) is 37.6 Å². The summed E-state index contributed by atoms with van der Waals surface area (Å²) in [5.41, 5.74) is 1.08. The number of amides is 1. The molecule has 0 aromatic heterocycles. The van der Waals surface area contributed by atoms with Crippen molar-refractivity contribution in [3.63, 3.8) is 0 Å². The van der Waals surface area contributed by atoms with Crippen LogP contribution < -0.4 is 10.6 Å². The summed E-state index contributed by atoms with van der Waals surface area (Å²) in [5, 5.41) is 6.77. The van der Waals surface area contributed by atoms with E-state index in [-0.39, 0.29) is 11.9 Å². The Morgan fingerprint density at radius 1 is 1.33 bits per heavy atom. The van der Waals surface area contributed by atoms with Gasteiger partial charge in [0.2, 0.25) is 5.91 Å². The van der Waals surface area contributed by atoms with Gasteiger partial charge in [0, 0.05) is 17.6 Å². The molecular formula is C14H21ClN2O. The summed E-state index contributed by atoms with van der Waals surface area (Å²) in [4.78, 5) is 11.6. The van der Waals surface area contributed by atoms with Gasteiger partial charge in [0.1, 0.15) is 0 Å². The summed E-state index contributed by atoms with van der Waals surface area (Å²) < 4.78 is 0. The fourth-order valence-corrected chi connectivity index (χ4v) is 1.65. The molecule has 0 heterocycles. The number of hydrogen-bond donors (Lipinski definition) is 2. The van der Waals surface area contributed by atoms with Crippen molar-refractivity contribution in [1.82, 2.24) is 10.6 Å². The molecule has 1 rings (SSSR count). The predicted molar refractivity (Wildman–Crippen MR) is 75.6 cm³/mol. The Bertz CT molecular complexity index is 393. The van der Waals surface area contributed by atoms with E-state index in [1.54, 1.807) is 0 Å². The average Bonchev–Trinajstić information content (AvgIpc) is 2.28. The smallest absolute Gasteiger partial charge is 0.234 e. The Morgan fingerprint density at radius 2 is 2.06 bits per heavy atom. The first-order valence-electron chi connectivity index (χ1n) is 6.23. The first-order chi connectivity index (χ1) is 8.49. The molecule has 0 fully saturated rings. The van der Waals surface area contributed by atoms with Gasteiger partial charge in [-0.2, -0.15) is 0 Å². The van der Waals surface area contributed by atoms with Crippen molar-refractivity contribution >= 4 is 17.5 Å². The summed E-state index contributed by atoms with van der Waals surface area (Å²) in [6.45, 7) is 7.15. The van der Waals surface area contributed by atoms with E-state index in [1.807, 2.05) is 31.2 Å². The van der Waals surface area contributed by atoms with Gasteiger partial charge in [-0.15, -0.1) is 0 Å². The number of carbonyl (C=O) groups is 1. The van der Waals surface area contributed by atoms with E-state index in [0.29, 0.717) is 24.0 Å². The number of benzene rings is 1. The summed E-state index contributed by atoms with van der Waals surface area (Å²) in [6, 6.07) is 7.81. The summed E-state index contributed by atoms with van der Waals surface area (Å²) in [6.07, 6.45) is 0. The second-order valence-electron chi connectivity index (χ2n) is 4.83. The highest BCUT2D eigenvalue weighted by Gasteiger charge is 2.09. The van der Waals surface area contributed by atoms with Gasteiger partial charge in [0.25, 0.3) is 0 Å². The minimum Gasteiger partial charge on any atom is -0.352 e. The van der Waals surface area contributed by atoms with Crippen LogP contribution in [0.2, 0.25) is 5.02 Å². The van der Waals surface area contributed by atoms with Crippen molar-refractivity contribution in [3.8, 4) is 0 Å². The van der Waals surface area contributed by atoms with Gasteiger partial charge in [-0.3, -0.25) is 4.79 Å². The molecule has 2 N–H and O–H groups in total. The molecule has 1 aromatic carbocycles. The molecule has 0 aliphatic rings. The van der Waals surface area contributed by atoms with Crippen LogP contribution in [0, 0.1) is 5.92 Å². The zero-order valence-electron chi connectivity index (χ0n) is 11.2. The second-order valence-corrected chi connectivity index (χ2v) is 5.27. The predicted octanol–water partition coefficient (Wildman–Crippen LogP) is 2.59. The highest BCUT2D eigenvalue weighted by Crippen LogP contribution is 2.10. The molecule has 1 atom stereocenters. The first-order valence-corrected chi connectivity index (χ1v) is 6.61. The largest absolute Gasteiger partial charge is 0.352 e. The van der Waals surface area contributed by atoms with Gasteiger partial charge in [-0.05, 0) is 30.5 Å². The van der Waals surface area contributed by atoms with E-state index in [9.17, 15) is 4.79 Å². The van der Waals surface area contributed by atoms with E-state index in [0.717, 1.165) is 5.56 Å². The van der Waals surface area contributed by atoms with Crippen LogP contribution in [0.5, 0.6) is 0 Å². The van der Waals surface area contributed by atoms with Crippen LogP contribution in [-0.2, 0) is 11.3 Å². The third-order valence-electron chi connectivity index (χ3n) is 2.89. The third kappa shape index (κ3) is 5.52. The summed E-state index contributed by atoms with van der Waals surface area (Å²) >= 11 is 5.88. The van der Waals surface area contributed by atoms with Crippen molar-refractivity contribution in [3.05, 3.63) is 34.9 Å². The van der Waals surface area contributed by atoms with E-state index in [2.05, 4.69) is 24.5 Å². The molecule has 100 valence electrons. The fourth-order valence-electron chi connectivity index (χ4n) is 1.44. The van der Waals surface area contributed by atoms with Crippen molar-refractivity contribution in [2.45, 2.75) is 33.4 Å². The van der Waals surface area contributed by atoms with Crippen LogP contribution in [0.1, 0.15) is 26.3 Å². The van der Waals surface area contributed by atoms with Gasteiger partial charge in [0.05, 0.1) is 6.54 Å². The number of hydrogen-bond acceptors (Lipinski definition) is 2. The standard InChI is InChI=1S/C14H21ClN2O/c1-10(2)11(3)17-14(18)9-16-8-12-5-4-6-13(15)7-12/h4-7,10-11,16H,8-9H2,1-3H3,(H,17,18). The lowest BCUT2D eigenvalue weighted by Crippen LogP contribution is -2.41. The molecule has 1 unspecified atom stereocenters. The van der Waals surface area contributed by atoms with Gasteiger partial charge < -0.3 is 10.6 Å². The minimum absolute atomic E-state index is 0.0261. The van der Waals surface area contributed by atoms with E-state index >= 15 is 0 Å². The van der Waals surface area contributed by atoms with Gasteiger partial charge in [0.15, 0.2) is 0 Å². The number of halogens is 1. The normalized spacial score (nSPS) is 12.5. The Hall–Kier alpha value is -1.06. The first kappa shape index (κ1) is 15.0. The molecule has 0 aliphatic heterocycles. The lowest BCUT2D eigenvalue weighted by molar-refractivity contribution is -0.121. The molecule has 0 saturated carbocycles. The molecular weight excluding hydrogens is 248 g/mol. The van der Waals surface area contributed by atoms with Gasteiger partial charge in [-0.25, -0.2) is 0 Å². The summed E-state index contributed by atoms with van der Waals surface area (Å²) in [5.74, 6) is 0.472. The topological polar surface area (TPSA) is 41.1 Å². The van der Waals surface area contributed by atoms with Crippen molar-refractivity contribution in [2.75, 3.05) is 6.54 Å². The molecule has 0 aliphatic carbocycles. The highest BCUT2D eigenvalue weighted by molar-refractivity contribution is 6.30. The average molecular weight is 269 g/mol. The molecule has 3 nitrogen and oxygen atoms in total. The molecule has 0 bridgehead atoms. The maximum Gasteiger partial charge on any atom is 0.234 e. The van der Waals surface area contributed by atoms with Crippen molar-refractivity contribution in [2.24, 2.45) is 5.92 Å². The minimum atomic E-state index is 0.0261. The molecule has 18 heavy (non-hydrogen) atoms. The van der Waals surface area contributed by atoms with E-state index in [4.69, 9.17) is 11.6 Å². The third-order valence-corrected chi connectivity index (χ3v) is 3.13. The number of carbonyl (C=O) groups excluding carboxylic acids is 1. The van der Waals surface area contributed by atoms with Crippen LogP contribution in [0.15, 0.2) is 24.3 Å². The molecule has 1 aromatic rings. The van der Waals surface area contributed by atoms with Crippen LogP contribution in [0.3, 0.4) is 0 Å². The lowest BCUT2D eigenvalue weighted by Gasteiger charge is -2.17. The maximum atomic E-state index is 11.6. The van der Waals surface area contributed by atoms with Crippen molar-refractivity contribution < 1.29 is 4.79 Å². The quantitative estimate of drug-likeness (QED) is 0.833. The van der Waals surface area contributed by atoms with Crippen LogP contribution in [0.4, 0.5) is 0 Å². The zero-order valence-corrected chi connectivity index (χ0v) is 11.9. The number of rotatable bonds is 6. The van der Waals surface area contributed by atoms with Crippen LogP contribution in [0.25, 0.3) is 0 Å². The zero-order chi connectivity index (χ0) is 13.5. The highest BCUT2D eigenvalue weighted by atomic mass is 35.5. The molecule has 0 spiro atoms. The fraction of sp³-hybridized carbons (Fsp3) is 0.500. The van der Waals surface area contributed by atoms with E-state index in [1.165, 1.54) is 0 Å². The number of nitrogens with one attached hydrogen (secondary N) is 2. The van der Waals surface area contributed by atoms with E-state index < -0.39 is 0 Å². The summed E-state index contributed by atoms with van der Waals surface area (Å²) in [7, 11) is 0. The van der Waals surface area contributed by atoms with Gasteiger partial charge >= 0.3 is 0 Å². The second kappa shape index (κ2) is 7.39. The molecule has 0 radical (unpaired) electrons. The lowest BCUT2D eigenvalue weighted by atomic mass is 10.1. The Morgan fingerprint density at radius 3 is 2.67 bits per heavy atom. The van der Waals surface area contributed by atoms with Crippen molar-refractivity contribution in [1.29, 1.82) is 0 Å².